The van der Waals surface area contributed by atoms with Gasteiger partial charge in [-0.1, -0.05) is 6.07 Å². The van der Waals surface area contributed by atoms with E-state index in [9.17, 15) is 13.2 Å². The maximum absolute atomic E-state index is 13.3. The maximum atomic E-state index is 13.3. The molecule has 2 aliphatic rings. The van der Waals surface area contributed by atoms with Gasteiger partial charge in [0.25, 0.3) is 5.91 Å². The van der Waals surface area contributed by atoms with Gasteiger partial charge in [0.15, 0.2) is 0 Å². The molecule has 2 aliphatic heterocycles. The first kappa shape index (κ1) is 20.1. The number of carbonyl (C=O) groups is 1. The third kappa shape index (κ3) is 3.70. The van der Waals surface area contributed by atoms with Gasteiger partial charge in [-0.05, 0) is 44.0 Å². The van der Waals surface area contributed by atoms with Crippen molar-refractivity contribution in [1.29, 1.82) is 0 Å². The third-order valence-corrected chi connectivity index (χ3v) is 7.44. The zero-order valence-corrected chi connectivity index (χ0v) is 17.8. The number of fused-ring (bicyclic) bond motifs is 1. The molecular formula is C20H26N4O4S. The van der Waals surface area contributed by atoms with E-state index in [1.165, 1.54) is 4.31 Å². The third-order valence-electron chi connectivity index (χ3n) is 5.49. The zero-order chi connectivity index (χ0) is 20.8. The summed E-state index contributed by atoms with van der Waals surface area (Å²) in [5.74, 6) is 0.465. The Bertz CT molecular complexity index is 1020. The van der Waals surface area contributed by atoms with Crippen LogP contribution in [0, 0.1) is 13.8 Å². The van der Waals surface area contributed by atoms with Crippen molar-refractivity contribution in [3.63, 3.8) is 0 Å². The molecule has 9 heteroatoms. The minimum absolute atomic E-state index is 0.133. The van der Waals surface area contributed by atoms with Crippen molar-refractivity contribution < 1.29 is 17.9 Å². The van der Waals surface area contributed by atoms with Crippen LogP contribution in [0.1, 0.15) is 40.4 Å². The van der Waals surface area contributed by atoms with Crippen molar-refractivity contribution in [3.05, 3.63) is 47.0 Å². The van der Waals surface area contributed by atoms with Crippen molar-refractivity contribution in [1.82, 2.24) is 18.8 Å². The van der Waals surface area contributed by atoms with Gasteiger partial charge in [0.1, 0.15) is 11.5 Å². The average molecular weight is 419 g/mol. The van der Waals surface area contributed by atoms with Crippen LogP contribution in [-0.2, 0) is 21.3 Å². The predicted octanol–water partition coefficient (Wildman–Crippen LogP) is 1.74. The Balaban J connectivity index is 1.62. The van der Waals surface area contributed by atoms with E-state index in [0.717, 1.165) is 11.1 Å². The Kier molecular flexibility index (Phi) is 5.22. The molecule has 2 aromatic rings. The Morgan fingerprint density at radius 3 is 2.38 bits per heavy atom. The summed E-state index contributed by atoms with van der Waals surface area (Å²) in [7, 11) is -3.66. The van der Waals surface area contributed by atoms with Gasteiger partial charge in [0, 0.05) is 32.4 Å². The van der Waals surface area contributed by atoms with E-state index in [1.807, 2.05) is 31.4 Å². The largest absolute Gasteiger partial charge is 0.378 e. The molecule has 156 valence electrons. The Hall–Kier alpha value is -2.23. The van der Waals surface area contributed by atoms with E-state index < -0.39 is 16.1 Å². The first-order chi connectivity index (χ1) is 13.8. The fourth-order valence-corrected chi connectivity index (χ4v) is 5.82. The molecule has 1 amide bonds. The van der Waals surface area contributed by atoms with Gasteiger partial charge in [-0.2, -0.15) is 4.31 Å². The smallest absolute Gasteiger partial charge is 0.274 e. The van der Waals surface area contributed by atoms with Crippen molar-refractivity contribution in [3.8, 4) is 0 Å². The lowest BCUT2D eigenvalue weighted by Crippen LogP contribution is -2.41. The molecule has 8 nitrogen and oxygen atoms in total. The summed E-state index contributed by atoms with van der Waals surface area (Å²) in [5.41, 5.74) is 2.18. The second-order valence-corrected chi connectivity index (χ2v) is 9.59. The Labute approximate surface area is 171 Å². The van der Waals surface area contributed by atoms with Gasteiger partial charge in [-0.3, -0.25) is 4.79 Å². The quantitative estimate of drug-likeness (QED) is 0.758. The van der Waals surface area contributed by atoms with E-state index in [2.05, 4.69) is 4.98 Å². The van der Waals surface area contributed by atoms with Gasteiger partial charge in [0.2, 0.25) is 10.0 Å². The Morgan fingerprint density at radius 1 is 1.07 bits per heavy atom. The lowest BCUT2D eigenvalue weighted by molar-refractivity contribution is 0.0299. The van der Waals surface area contributed by atoms with Crippen LogP contribution in [0.25, 0.3) is 0 Å². The number of aromatic nitrogens is 2. The number of rotatable bonds is 3. The van der Waals surface area contributed by atoms with E-state index in [0.29, 0.717) is 55.8 Å². The van der Waals surface area contributed by atoms with Gasteiger partial charge in [-0.25, -0.2) is 13.4 Å². The summed E-state index contributed by atoms with van der Waals surface area (Å²) in [6.07, 6.45) is 1.74. The first-order valence-corrected chi connectivity index (χ1v) is 11.3. The highest BCUT2D eigenvalue weighted by atomic mass is 32.2. The van der Waals surface area contributed by atoms with Crippen molar-refractivity contribution in [2.45, 2.75) is 38.3 Å². The van der Waals surface area contributed by atoms with Crippen LogP contribution in [0.5, 0.6) is 0 Å². The zero-order valence-electron chi connectivity index (χ0n) is 17.0. The second-order valence-electron chi connectivity index (χ2n) is 7.70. The highest BCUT2D eigenvalue weighted by Gasteiger charge is 2.36. The summed E-state index contributed by atoms with van der Waals surface area (Å²) < 4.78 is 35.3. The molecule has 0 bridgehead atoms. The molecule has 1 saturated heterocycles. The van der Waals surface area contributed by atoms with E-state index >= 15 is 0 Å². The molecular weight excluding hydrogens is 392 g/mol. The molecule has 3 heterocycles. The van der Waals surface area contributed by atoms with Gasteiger partial charge in [-0.15, -0.1) is 0 Å². The number of aryl methyl sites for hydroxylation is 2. The van der Waals surface area contributed by atoms with Gasteiger partial charge >= 0.3 is 0 Å². The van der Waals surface area contributed by atoms with E-state index in [-0.39, 0.29) is 5.91 Å². The second kappa shape index (κ2) is 7.55. The predicted molar refractivity (Wildman–Crippen MR) is 107 cm³/mol. The fraction of sp³-hybridized carbons (Fsp3) is 0.500. The Morgan fingerprint density at radius 2 is 1.72 bits per heavy atom. The first-order valence-electron chi connectivity index (χ1n) is 9.81. The molecule has 0 N–H and O–H groups in total. The summed E-state index contributed by atoms with van der Waals surface area (Å²) in [6, 6.07) is 4.89. The van der Waals surface area contributed by atoms with Gasteiger partial charge < -0.3 is 14.2 Å². The normalized spacial score (nSPS) is 20.5. The topological polar surface area (TPSA) is 84.7 Å². The van der Waals surface area contributed by atoms with Crippen LogP contribution in [0.15, 0.2) is 29.3 Å². The van der Waals surface area contributed by atoms with Crippen molar-refractivity contribution in [2.24, 2.45) is 0 Å². The monoisotopic (exact) mass is 418 g/mol. The number of carbonyl (C=O) groups excluding carboxylic acids is 1. The van der Waals surface area contributed by atoms with Crippen LogP contribution in [0.2, 0.25) is 0 Å². The molecule has 0 aliphatic carbocycles. The fourth-order valence-electron chi connectivity index (χ4n) is 4.05. The molecule has 0 saturated carbocycles. The molecule has 1 aromatic heterocycles. The van der Waals surface area contributed by atoms with Crippen LogP contribution < -0.4 is 0 Å². The number of sulfonamides is 1. The number of hydrogen-bond donors (Lipinski definition) is 0. The van der Waals surface area contributed by atoms with E-state index in [4.69, 9.17) is 4.74 Å². The average Bonchev–Trinajstić information content (AvgIpc) is 3.13. The van der Waals surface area contributed by atoms with Crippen LogP contribution in [-0.4, -0.2) is 65.9 Å². The van der Waals surface area contributed by atoms with Crippen LogP contribution in [0.3, 0.4) is 0 Å². The molecule has 0 unspecified atom stereocenters. The molecule has 1 fully saturated rings. The number of ether oxygens (including phenoxy) is 1. The molecule has 4 rings (SSSR count). The highest BCUT2D eigenvalue weighted by molar-refractivity contribution is 7.89. The van der Waals surface area contributed by atoms with Crippen LogP contribution in [0.4, 0.5) is 0 Å². The molecule has 1 aromatic carbocycles. The minimum atomic E-state index is -3.66. The SMILES string of the molecule is Cc1cc(C)cc(S(=O)(=O)N2CCn3cc(C(=O)N4CCOCC4)nc3[C@H]2C)c1. The standard InChI is InChI=1S/C20H26N4O4S/c1-14-10-15(2)12-17(11-14)29(26,27)24-5-4-23-13-18(21-19(23)16(24)3)20(25)22-6-8-28-9-7-22/h10-13,16H,4-9H2,1-3H3/t16-/m1/s1. The highest BCUT2D eigenvalue weighted by Crippen LogP contribution is 2.31. The summed E-state index contributed by atoms with van der Waals surface area (Å²) >= 11 is 0. The van der Waals surface area contributed by atoms with Gasteiger partial charge in [0.05, 0.1) is 24.2 Å². The lowest BCUT2D eigenvalue weighted by Gasteiger charge is -2.32. The van der Waals surface area contributed by atoms with Crippen LogP contribution >= 0.6 is 0 Å². The number of nitrogens with zero attached hydrogens (tertiary/aromatic N) is 4. The lowest BCUT2D eigenvalue weighted by atomic mass is 10.2. The number of amides is 1. The maximum Gasteiger partial charge on any atom is 0.274 e. The summed E-state index contributed by atoms with van der Waals surface area (Å²) in [4.78, 5) is 19.3. The van der Waals surface area contributed by atoms with Crippen molar-refractivity contribution >= 4 is 15.9 Å². The summed E-state index contributed by atoms with van der Waals surface area (Å²) in [6.45, 7) is 8.55. The number of benzene rings is 1. The molecule has 0 spiro atoms. The number of morpholine rings is 1. The van der Waals surface area contributed by atoms with Crippen molar-refractivity contribution in [2.75, 3.05) is 32.8 Å². The summed E-state index contributed by atoms with van der Waals surface area (Å²) in [5, 5.41) is 0. The number of hydrogen-bond acceptors (Lipinski definition) is 5. The molecule has 0 radical (unpaired) electrons. The molecule has 29 heavy (non-hydrogen) atoms. The molecule has 1 atom stereocenters. The minimum Gasteiger partial charge on any atom is -0.378 e. The van der Waals surface area contributed by atoms with E-state index in [1.54, 1.807) is 23.2 Å². The number of imidazole rings is 1.